The normalized spacial score (nSPS) is 12.3. The molecule has 7 nitrogen and oxygen atoms in total. The van der Waals surface area contributed by atoms with E-state index in [1.807, 2.05) is 52.0 Å². The smallest absolute Gasteiger partial charge is 0.242 e. The first kappa shape index (κ1) is 29.6. The number of amides is 2. The van der Waals surface area contributed by atoms with Gasteiger partial charge in [-0.15, -0.1) is 0 Å². The molecule has 0 radical (unpaired) electrons. The Hall–Kier alpha value is -2.58. The van der Waals surface area contributed by atoms with Crippen molar-refractivity contribution in [3.63, 3.8) is 0 Å². The maximum absolute atomic E-state index is 13.4. The molecule has 9 heteroatoms. The van der Waals surface area contributed by atoms with Crippen LogP contribution in [0.1, 0.15) is 50.3 Å². The average Bonchev–Trinajstić information content (AvgIpc) is 2.79. The van der Waals surface area contributed by atoms with Crippen molar-refractivity contribution in [3.05, 3.63) is 64.2 Å². The molecule has 0 aliphatic carbocycles. The van der Waals surface area contributed by atoms with Crippen LogP contribution in [0.3, 0.4) is 0 Å². The van der Waals surface area contributed by atoms with Gasteiger partial charge in [-0.25, -0.2) is 8.42 Å². The van der Waals surface area contributed by atoms with Gasteiger partial charge < -0.3 is 10.2 Å². The molecule has 1 atom stereocenters. The van der Waals surface area contributed by atoms with Crippen molar-refractivity contribution in [3.8, 4) is 0 Å². The maximum Gasteiger partial charge on any atom is 0.242 e. The van der Waals surface area contributed by atoms with Crippen molar-refractivity contribution in [2.24, 2.45) is 5.92 Å². The quantitative estimate of drug-likeness (QED) is 0.427. The molecule has 2 rings (SSSR count). The minimum Gasteiger partial charge on any atom is -0.354 e. The summed E-state index contributed by atoms with van der Waals surface area (Å²) in [5.74, 6) is -0.172. The fraction of sp³-hybridized carbons (Fsp3) is 0.481. The van der Waals surface area contributed by atoms with Crippen LogP contribution in [0.2, 0.25) is 5.02 Å². The van der Waals surface area contributed by atoms with Crippen LogP contribution in [0, 0.1) is 19.8 Å². The van der Waals surface area contributed by atoms with Gasteiger partial charge in [0.2, 0.25) is 21.8 Å². The number of nitrogens with one attached hydrogen (secondary N) is 1. The van der Waals surface area contributed by atoms with E-state index in [1.165, 1.54) is 15.5 Å². The Morgan fingerprint density at radius 3 is 2.36 bits per heavy atom. The van der Waals surface area contributed by atoms with Crippen molar-refractivity contribution in [2.75, 3.05) is 23.7 Å². The zero-order valence-corrected chi connectivity index (χ0v) is 23.6. The summed E-state index contributed by atoms with van der Waals surface area (Å²) in [5.41, 5.74) is 3.22. The van der Waals surface area contributed by atoms with Gasteiger partial charge in [-0.05, 0) is 68.0 Å². The zero-order valence-electron chi connectivity index (χ0n) is 22.0. The molecule has 2 aromatic rings. The number of carbonyl (C=O) groups is 2. The van der Waals surface area contributed by atoms with Crippen LogP contribution in [0.5, 0.6) is 0 Å². The molecule has 36 heavy (non-hydrogen) atoms. The molecule has 0 heterocycles. The van der Waals surface area contributed by atoms with E-state index in [1.54, 1.807) is 25.1 Å². The highest BCUT2D eigenvalue weighted by atomic mass is 35.5. The Labute approximate surface area is 220 Å². The third kappa shape index (κ3) is 8.82. The van der Waals surface area contributed by atoms with Crippen LogP contribution in [-0.4, -0.2) is 50.5 Å². The van der Waals surface area contributed by atoms with Crippen LogP contribution < -0.4 is 9.62 Å². The summed E-state index contributed by atoms with van der Waals surface area (Å²) < 4.78 is 26.5. The average molecular weight is 536 g/mol. The van der Waals surface area contributed by atoms with E-state index in [9.17, 15) is 18.0 Å². The summed E-state index contributed by atoms with van der Waals surface area (Å²) in [5, 5.41) is 3.45. The van der Waals surface area contributed by atoms with Crippen LogP contribution in [0.15, 0.2) is 42.5 Å². The Kier molecular flexibility index (Phi) is 10.8. The number of hydrogen-bond acceptors (Lipinski definition) is 4. The van der Waals surface area contributed by atoms with Crippen molar-refractivity contribution in [1.82, 2.24) is 10.2 Å². The number of halogens is 1. The van der Waals surface area contributed by atoms with Gasteiger partial charge in [0, 0.05) is 31.1 Å². The fourth-order valence-corrected chi connectivity index (χ4v) is 5.07. The summed E-state index contributed by atoms with van der Waals surface area (Å²) in [6.07, 6.45) is 1.58. The second-order valence-corrected chi connectivity index (χ2v) is 12.0. The highest BCUT2D eigenvalue weighted by Crippen LogP contribution is 2.25. The molecule has 0 fully saturated rings. The number of carbonyl (C=O) groups excluding carboxylic acids is 2. The third-order valence-electron chi connectivity index (χ3n) is 5.88. The summed E-state index contributed by atoms with van der Waals surface area (Å²) in [7, 11) is -3.54. The van der Waals surface area contributed by atoms with Gasteiger partial charge in [0.1, 0.15) is 6.04 Å². The molecule has 2 aromatic carbocycles. The monoisotopic (exact) mass is 535 g/mol. The molecule has 2 amide bonds. The standard InChI is InChI=1S/C27H38ClN3O4S/c1-19(2)17-29-27(33)22(5)30(18-23-9-7-10-24(28)16-23)26(32)11-8-14-31(36(6,34)35)25-15-20(3)12-13-21(25)4/h7,9-10,12-13,15-16,19,22H,8,11,14,17-18H2,1-6H3,(H,29,33)/t22-/m1/s1. The molecule has 198 valence electrons. The fourth-order valence-electron chi connectivity index (χ4n) is 3.84. The highest BCUT2D eigenvalue weighted by Gasteiger charge is 2.27. The lowest BCUT2D eigenvalue weighted by Gasteiger charge is -2.30. The number of aryl methyl sites for hydroxylation is 2. The van der Waals surface area contributed by atoms with Crippen LogP contribution in [-0.2, 0) is 26.2 Å². The Morgan fingerprint density at radius 1 is 1.06 bits per heavy atom. The minimum absolute atomic E-state index is 0.0965. The van der Waals surface area contributed by atoms with Gasteiger partial charge in [-0.1, -0.05) is 49.7 Å². The van der Waals surface area contributed by atoms with Crippen LogP contribution in [0.4, 0.5) is 5.69 Å². The van der Waals surface area contributed by atoms with Crippen molar-refractivity contribution in [1.29, 1.82) is 0 Å². The van der Waals surface area contributed by atoms with Crippen LogP contribution in [0.25, 0.3) is 0 Å². The molecule has 0 aliphatic heterocycles. The molecule has 0 saturated carbocycles. The molecule has 1 N–H and O–H groups in total. The van der Waals surface area contributed by atoms with E-state index in [0.717, 1.165) is 16.7 Å². The second kappa shape index (κ2) is 13.1. The Morgan fingerprint density at radius 2 is 1.75 bits per heavy atom. The van der Waals surface area contributed by atoms with Gasteiger partial charge in [-0.2, -0.15) is 0 Å². The van der Waals surface area contributed by atoms with E-state index in [-0.39, 0.29) is 37.2 Å². The minimum atomic E-state index is -3.54. The Bertz CT molecular complexity index is 1170. The van der Waals surface area contributed by atoms with E-state index in [0.29, 0.717) is 23.7 Å². The molecule has 0 bridgehead atoms. The van der Waals surface area contributed by atoms with E-state index < -0.39 is 16.1 Å². The van der Waals surface area contributed by atoms with E-state index >= 15 is 0 Å². The van der Waals surface area contributed by atoms with Crippen LogP contribution >= 0.6 is 11.6 Å². The van der Waals surface area contributed by atoms with E-state index in [2.05, 4.69) is 5.32 Å². The summed E-state index contributed by atoms with van der Waals surface area (Å²) in [4.78, 5) is 27.7. The molecule has 0 saturated heterocycles. The summed E-state index contributed by atoms with van der Waals surface area (Å²) in [6.45, 7) is 10.4. The van der Waals surface area contributed by atoms with Gasteiger partial charge >= 0.3 is 0 Å². The lowest BCUT2D eigenvalue weighted by molar-refractivity contribution is -0.140. The number of rotatable bonds is 12. The number of sulfonamides is 1. The molecule has 0 spiro atoms. The largest absolute Gasteiger partial charge is 0.354 e. The number of benzene rings is 2. The number of anilines is 1. The molecule has 0 aliphatic rings. The van der Waals surface area contributed by atoms with Gasteiger partial charge in [0.25, 0.3) is 0 Å². The predicted octanol–water partition coefficient (Wildman–Crippen LogP) is 4.69. The first-order chi connectivity index (χ1) is 16.8. The first-order valence-electron chi connectivity index (χ1n) is 12.2. The SMILES string of the molecule is Cc1ccc(C)c(N(CCCC(=O)N(Cc2cccc(Cl)c2)[C@H](C)C(=O)NCC(C)C)S(C)(=O)=O)c1. The van der Waals surface area contributed by atoms with Gasteiger partial charge in [0.15, 0.2) is 0 Å². The summed E-state index contributed by atoms with van der Waals surface area (Å²) >= 11 is 6.13. The second-order valence-electron chi connectivity index (χ2n) is 9.70. The molecule has 0 unspecified atom stereocenters. The van der Waals surface area contributed by atoms with Crippen molar-refractivity contribution in [2.45, 2.75) is 60.0 Å². The number of hydrogen-bond donors (Lipinski definition) is 1. The van der Waals surface area contributed by atoms with Gasteiger partial charge in [0.05, 0.1) is 11.9 Å². The summed E-state index contributed by atoms with van der Waals surface area (Å²) in [6, 6.07) is 12.1. The lowest BCUT2D eigenvalue weighted by Crippen LogP contribution is -2.48. The molecule has 0 aromatic heterocycles. The topological polar surface area (TPSA) is 86.8 Å². The zero-order chi connectivity index (χ0) is 27.0. The van der Waals surface area contributed by atoms with E-state index in [4.69, 9.17) is 11.6 Å². The Balaban J connectivity index is 2.19. The van der Waals surface area contributed by atoms with Crippen molar-refractivity contribution < 1.29 is 18.0 Å². The molecular weight excluding hydrogens is 498 g/mol. The van der Waals surface area contributed by atoms with Gasteiger partial charge in [-0.3, -0.25) is 13.9 Å². The predicted molar refractivity (Wildman–Crippen MR) is 147 cm³/mol. The molecular formula is C27H38ClN3O4S. The highest BCUT2D eigenvalue weighted by molar-refractivity contribution is 7.92. The first-order valence-corrected chi connectivity index (χ1v) is 14.4. The van der Waals surface area contributed by atoms with Crippen molar-refractivity contribution >= 4 is 39.1 Å². The third-order valence-corrected chi connectivity index (χ3v) is 7.29. The lowest BCUT2D eigenvalue weighted by atomic mass is 10.1. The number of nitrogens with zero attached hydrogens (tertiary/aromatic N) is 2. The maximum atomic E-state index is 13.4.